The van der Waals surface area contributed by atoms with Crippen molar-refractivity contribution in [1.82, 2.24) is 4.90 Å². The third kappa shape index (κ3) is 4.99. The van der Waals surface area contributed by atoms with Crippen LogP contribution in [0.4, 0.5) is 4.79 Å². The number of nitrogens with zero attached hydrogens (tertiary/aromatic N) is 1. The molecule has 1 unspecified atom stereocenters. The van der Waals surface area contributed by atoms with Crippen molar-refractivity contribution in [2.24, 2.45) is 28.9 Å². The Bertz CT molecular complexity index is 476. The van der Waals surface area contributed by atoms with Gasteiger partial charge in [0.05, 0.1) is 6.10 Å². The summed E-state index contributed by atoms with van der Waals surface area (Å²) >= 11 is 0. The zero-order valence-corrected chi connectivity index (χ0v) is 17.9. The van der Waals surface area contributed by atoms with Crippen LogP contribution in [0.15, 0.2) is 0 Å². The fourth-order valence-corrected chi connectivity index (χ4v) is 6.55. The summed E-state index contributed by atoms with van der Waals surface area (Å²) in [6.45, 7) is 7.13. The highest BCUT2D eigenvalue weighted by molar-refractivity contribution is 5.73. The highest BCUT2D eigenvalue weighted by Crippen LogP contribution is 2.57. The number of hydrogen-bond donors (Lipinski definition) is 2. The Morgan fingerprint density at radius 2 is 1.48 bits per heavy atom. The van der Waals surface area contributed by atoms with E-state index in [9.17, 15) is 9.90 Å². The van der Waals surface area contributed by atoms with Gasteiger partial charge in [0.2, 0.25) is 0 Å². The molecule has 4 rings (SSSR count). The van der Waals surface area contributed by atoms with Crippen molar-refractivity contribution in [3.63, 3.8) is 0 Å². The Labute approximate surface area is 166 Å². The summed E-state index contributed by atoms with van der Waals surface area (Å²) in [5.74, 6) is 2.52. The van der Waals surface area contributed by atoms with Crippen molar-refractivity contribution in [2.45, 2.75) is 109 Å². The smallest absolute Gasteiger partial charge is 0.315 e. The number of carbonyl (C=O) groups excluding carboxylic acids is 1. The Balaban J connectivity index is 1.39. The molecule has 0 saturated heterocycles. The van der Waals surface area contributed by atoms with E-state index in [0.717, 1.165) is 50.0 Å². The van der Waals surface area contributed by atoms with Gasteiger partial charge in [-0.3, -0.25) is 0 Å². The Morgan fingerprint density at radius 1 is 1.00 bits per heavy atom. The number of primary amides is 1. The fourth-order valence-electron chi connectivity index (χ4n) is 6.55. The van der Waals surface area contributed by atoms with E-state index in [-0.39, 0.29) is 23.1 Å². The van der Waals surface area contributed by atoms with Crippen molar-refractivity contribution in [1.29, 1.82) is 0 Å². The van der Waals surface area contributed by atoms with Gasteiger partial charge in [0.25, 0.3) is 0 Å². The van der Waals surface area contributed by atoms with Crippen molar-refractivity contribution in [3.05, 3.63) is 0 Å². The van der Waals surface area contributed by atoms with Gasteiger partial charge in [0.1, 0.15) is 0 Å². The second kappa shape index (κ2) is 8.31. The summed E-state index contributed by atoms with van der Waals surface area (Å²) in [5, 5.41) is 10.1. The maximum Gasteiger partial charge on any atom is 0.315 e. The van der Waals surface area contributed by atoms with Gasteiger partial charge in [-0.05, 0) is 74.5 Å². The number of aliphatic hydroxyl groups excluding tert-OH is 1. The Morgan fingerprint density at radius 3 is 1.96 bits per heavy atom. The summed E-state index contributed by atoms with van der Waals surface area (Å²) < 4.78 is 0. The van der Waals surface area contributed by atoms with Gasteiger partial charge in [-0.15, -0.1) is 0 Å². The molecule has 0 aromatic carbocycles. The zero-order chi connectivity index (χ0) is 19.7. The minimum Gasteiger partial charge on any atom is -0.393 e. The largest absolute Gasteiger partial charge is 0.393 e. The van der Waals surface area contributed by atoms with Crippen molar-refractivity contribution in [2.75, 3.05) is 6.54 Å². The Kier molecular flexibility index (Phi) is 6.45. The monoisotopic (exact) mass is 378 g/mol. The number of aliphatic hydroxyl groups is 1. The number of carbonyl (C=O) groups is 1. The maximum absolute atomic E-state index is 12.3. The predicted octanol–water partition coefficient (Wildman–Crippen LogP) is 5.08. The molecule has 0 aliphatic heterocycles. The summed E-state index contributed by atoms with van der Waals surface area (Å²) in [5.41, 5.74) is 5.93. The summed E-state index contributed by atoms with van der Waals surface area (Å²) in [7, 11) is 0. The molecule has 0 heterocycles. The van der Waals surface area contributed by atoms with Crippen LogP contribution >= 0.6 is 0 Å². The first kappa shape index (κ1) is 21.0. The van der Waals surface area contributed by atoms with Gasteiger partial charge in [0, 0.05) is 12.1 Å². The molecule has 0 spiro atoms. The molecule has 0 aromatic heterocycles. The third-order valence-corrected chi connectivity index (χ3v) is 7.70. The van der Waals surface area contributed by atoms with Gasteiger partial charge in [-0.2, -0.15) is 0 Å². The van der Waals surface area contributed by atoms with Crippen molar-refractivity contribution < 1.29 is 9.90 Å². The van der Waals surface area contributed by atoms with Crippen LogP contribution in [0, 0.1) is 23.2 Å². The van der Waals surface area contributed by atoms with Crippen LogP contribution in [0.5, 0.6) is 0 Å². The fraction of sp³-hybridized carbons (Fsp3) is 0.957. The van der Waals surface area contributed by atoms with Crippen LogP contribution in [0.2, 0.25) is 0 Å². The Hall–Kier alpha value is -0.770. The molecular formula is C23H42N2O2. The molecular weight excluding hydrogens is 336 g/mol. The van der Waals surface area contributed by atoms with Crippen LogP contribution in [0.25, 0.3) is 0 Å². The molecule has 4 aliphatic rings. The van der Waals surface area contributed by atoms with E-state index < -0.39 is 0 Å². The van der Waals surface area contributed by atoms with Crippen LogP contribution in [0.3, 0.4) is 0 Å². The van der Waals surface area contributed by atoms with Gasteiger partial charge in [0.15, 0.2) is 0 Å². The first-order valence-electron chi connectivity index (χ1n) is 11.4. The molecule has 4 heteroatoms. The van der Waals surface area contributed by atoms with Crippen molar-refractivity contribution >= 4 is 6.03 Å². The number of amides is 2. The molecule has 4 aliphatic carbocycles. The van der Waals surface area contributed by atoms with Crippen LogP contribution in [-0.4, -0.2) is 34.2 Å². The lowest BCUT2D eigenvalue weighted by Crippen LogP contribution is -2.62. The van der Waals surface area contributed by atoms with E-state index in [2.05, 4.69) is 25.7 Å². The molecule has 3 N–H and O–H groups in total. The molecule has 27 heavy (non-hydrogen) atoms. The second-order valence-corrected chi connectivity index (χ2v) is 11.1. The number of hydrogen-bond acceptors (Lipinski definition) is 2. The van der Waals surface area contributed by atoms with Gasteiger partial charge in [-0.1, -0.05) is 46.5 Å². The number of rotatable bonds is 9. The summed E-state index contributed by atoms with van der Waals surface area (Å²) in [6.07, 6.45) is 14.1. The first-order valence-corrected chi connectivity index (χ1v) is 11.4. The highest BCUT2D eigenvalue weighted by Gasteiger charge is 2.54. The number of urea groups is 1. The van der Waals surface area contributed by atoms with Crippen LogP contribution < -0.4 is 5.73 Å². The minimum atomic E-state index is -0.209. The number of nitrogens with two attached hydrogens (primary N) is 1. The standard InChI is InChI=1S/C23H42N2O2/c1-22(2,3)20(26)9-7-5-4-6-8-10-25(21(24)27)23-14-17-11-18(15-23)13-19(12-17)16-23/h17-20,26H,4-16H2,1-3H3,(H2,24,27). The first-order chi connectivity index (χ1) is 12.7. The van der Waals surface area contributed by atoms with E-state index in [1.165, 1.54) is 51.4 Å². The van der Waals surface area contributed by atoms with Crippen LogP contribution in [0.1, 0.15) is 97.8 Å². The predicted molar refractivity (Wildman–Crippen MR) is 110 cm³/mol. The molecule has 1 atom stereocenters. The normalized spacial score (nSPS) is 33.3. The molecule has 2 amide bonds. The van der Waals surface area contributed by atoms with Crippen molar-refractivity contribution in [3.8, 4) is 0 Å². The molecule has 156 valence electrons. The van der Waals surface area contributed by atoms with E-state index in [0.29, 0.717) is 0 Å². The van der Waals surface area contributed by atoms with Gasteiger partial charge >= 0.3 is 6.03 Å². The second-order valence-electron chi connectivity index (χ2n) is 11.1. The molecule has 4 saturated carbocycles. The average molecular weight is 379 g/mol. The SMILES string of the molecule is CC(C)(C)C(O)CCCCCCCN(C(N)=O)C12CC3CC(CC(C3)C1)C2. The summed E-state index contributed by atoms with van der Waals surface area (Å²) in [6, 6.07) is -0.190. The molecule has 4 bridgehead atoms. The lowest BCUT2D eigenvalue weighted by atomic mass is 9.52. The van der Waals surface area contributed by atoms with E-state index in [1.807, 2.05) is 0 Å². The minimum absolute atomic E-state index is 0.0140. The van der Waals surface area contributed by atoms with E-state index in [1.54, 1.807) is 0 Å². The highest BCUT2D eigenvalue weighted by atomic mass is 16.3. The number of unbranched alkanes of at least 4 members (excludes halogenated alkanes) is 4. The average Bonchev–Trinajstić information content (AvgIpc) is 2.54. The van der Waals surface area contributed by atoms with E-state index in [4.69, 9.17) is 5.73 Å². The van der Waals surface area contributed by atoms with Gasteiger partial charge < -0.3 is 15.7 Å². The lowest BCUT2D eigenvalue weighted by Gasteiger charge is -2.60. The topological polar surface area (TPSA) is 66.6 Å². The van der Waals surface area contributed by atoms with E-state index >= 15 is 0 Å². The zero-order valence-electron chi connectivity index (χ0n) is 17.9. The lowest BCUT2D eigenvalue weighted by molar-refractivity contribution is -0.0694. The molecule has 0 aromatic rings. The molecule has 0 radical (unpaired) electrons. The van der Waals surface area contributed by atoms with Gasteiger partial charge in [-0.25, -0.2) is 4.79 Å². The molecule has 4 nitrogen and oxygen atoms in total. The quantitative estimate of drug-likeness (QED) is 0.549. The maximum atomic E-state index is 12.3. The van der Waals surface area contributed by atoms with Crippen LogP contribution in [-0.2, 0) is 0 Å². The molecule has 4 fully saturated rings. The summed E-state index contributed by atoms with van der Waals surface area (Å²) in [4.78, 5) is 14.4. The third-order valence-electron chi connectivity index (χ3n) is 7.70.